The van der Waals surface area contributed by atoms with Crippen LogP contribution in [0.3, 0.4) is 0 Å². The van der Waals surface area contributed by atoms with Gasteiger partial charge in [-0.3, -0.25) is 9.59 Å². The van der Waals surface area contributed by atoms with E-state index in [0.29, 0.717) is 22.9 Å². The second-order valence-electron chi connectivity index (χ2n) is 10.5. The van der Waals surface area contributed by atoms with Gasteiger partial charge < -0.3 is 14.6 Å². The highest BCUT2D eigenvalue weighted by atomic mass is 16.5. The molecular weight excluding hydrogens is 418 g/mol. The number of nitrogens with zero attached hydrogens (tertiary/aromatic N) is 2. The number of carbonyl (C=O) groups is 1. The summed E-state index contributed by atoms with van der Waals surface area (Å²) in [5.41, 5.74) is 2.24. The Hall–Kier alpha value is -3.09. The summed E-state index contributed by atoms with van der Waals surface area (Å²) >= 11 is 0. The van der Waals surface area contributed by atoms with E-state index >= 15 is 0 Å². The summed E-state index contributed by atoms with van der Waals surface area (Å²) in [4.78, 5) is 30.1. The molecule has 0 spiro atoms. The quantitative estimate of drug-likeness (QED) is 0.616. The van der Waals surface area contributed by atoms with Crippen molar-refractivity contribution in [1.82, 2.24) is 9.56 Å². The topological polar surface area (TPSA) is 85.8 Å². The van der Waals surface area contributed by atoms with Gasteiger partial charge in [-0.1, -0.05) is 6.07 Å². The van der Waals surface area contributed by atoms with Crippen LogP contribution in [0.5, 0.6) is 5.75 Å². The van der Waals surface area contributed by atoms with Crippen LogP contribution in [-0.2, 0) is 11.4 Å². The first-order chi connectivity index (χ1) is 15.9. The van der Waals surface area contributed by atoms with Gasteiger partial charge in [0.2, 0.25) is 5.91 Å². The van der Waals surface area contributed by atoms with Crippen LogP contribution in [0.4, 0.5) is 5.69 Å². The van der Waals surface area contributed by atoms with Crippen molar-refractivity contribution in [2.24, 2.45) is 23.2 Å². The first-order valence-electron chi connectivity index (χ1n) is 11.9. The smallest absolute Gasteiger partial charge is 0.287 e. The fourth-order valence-electron chi connectivity index (χ4n) is 6.79. The third-order valence-corrected chi connectivity index (χ3v) is 7.87. The molecule has 2 heterocycles. The van der Waals surface area contributed by atoms with Gasteiger partial charge in [0.15, 0.2) is 5.65 Å². The molecule has 3 aromatic rings. The Morgan fingerprint density at radius 1 is 1.12 bits per heavy atom. The van der Waals surface area contributed by atoms with E-state index in [-0.39, 0.29) is 23.5 Å². The molecule has 4 bridgehead atoms. The molecular formula is C26H29N3O4. The average molecular weight is 448 g/mol. The SMILES string of the molecule is Cc1cc2nc(COc3cc(NC(=O)C45CC6CC(CC(C6)C4)C5)ccc3C)cc(=O)n2o1. The van der Waals surface area contributed by atoms with E-state index in [9.17, 15) is 9.59 Å². The molecule has 7 heteroatoms. The molecule has 172 valence electrons. The Labute approximate surface area is 192 Å². The summed E-state index contributed by atoms with van der Waals surface area (Å²) in [7, 11) is 0. The predicted octanol–water partition coefficient (Wildman–Crippen LogP) is 4.64. The summed E-state index contributed by atoms with van der Waals surface area (Å²) in [6.07, 6.45) is 7.07. The number of aryl methyl sites for hydroxylation is 2. The summed E-state index contributed by atoms with van der Waals surface area (Å²) in [6.45, 7) is 3.89. The minimum atomic E-state index is -0.278. The third kappa shape index (κ3) is 3.63. The molecule has 33 heavy (non-hydrogen) atoms. The second kappa shape index (κ2) is 7.47. The van der Waals surface area contributed by atoms with Crippen molar-refractivity contribution in [3.05, 3.63) is 57.7 Å². The van der Waals surface area contributed by atoms with Gasteiger partial charge in [-0.25, -0.2) is 4.98 Å². The van der Waals surface area contributed by atoms with E-state index in [1.54, 1.807) is 13.0 Å². The van der Waals surface area contributed by atoms with E-state index in [2.05, 4.69) is 10.3 Å². The molecule has 7 rings (SSSR count). The van der Waals surface area contributed by atoms with E-state index in [0.717, 1.165) is 48.3 Å². The lowest BCUT2D eigenvalue weighted by atomic mass is 9.49. The average Bonchev–Trinajstić information content (AvgIpc) is 3.14. The van der Waals surface area contributed by atoms with E-state index in [4.69, 9.17) is 9.26 Å². The lowest BCUT2D eigenvalue weighted by Crippen LogP contribution is -2.51. The Balaban J connectivity index is 1.18. The number of benzene rings is 1. The van der Waals surface area contributed by atoms with Crippen LogP contribution in [0.15, 0.2) is 39.6 Å². The number of fused-ring (bicyclic) bond motifs is 1. The molecule has 1 amide bonds. The van der Waals surface area contributed by atoms with Crippen LogP contribution in [0.25, 0.3) is 5.65 Å². The van der Waals surface area contributed by atoms with Crippen molar-refractivity contribution >= 4 is 17.2 Å². The van der Waals surface area contributed by atoms with Crippen molar-refractivity contribution < 1.29 is 14.1 Å². The van der Waals surface area contributed by atoms with Gasteiger partial charge >= 0.3 is 0 Å². The van der Waals surface area contributed by atoms with Gasteiger partial charge in [-0.15, -0.1) is 4.57 Å². The maximum Gasteiger partial charge on any atom is 0.287 e. The molecule has 1 aromatic carbocycles. The number of anilines is 1. The maximum atomic E-state index is 13.4. The molecule has 0 unspecified atom stereocenters. The van der Waals surface area contributed by atoms with Crippen molar-refractivity contribution in [3.8, 4) is 5.75 Å². The highest BCUT2D eigenvalue weighted by molar-refractivity contribution is 5.95. The standard InChI is InChI=1S/C26H29N3O4/c1-15-3-4-20(28-25(31)26-11-17-6-18(12-26)8-19(7-17)13-26)9-22(15)32-14-21-10-24(30)29-23(27-21)5-16(2)33-29/h3-5,9-10,17-19H,6-8,11-14H2,1-2H3,(H,28,31). The molecule has 0 radical (unpaired) electrons. The molecule has 4 aliphatic rings. The Morgan fingerprint density at radius 2 is 1.82 bits per heavy atom. The van der Waals surface area contributed by atoms with Crippen LogP contribution in [-0.4, -0.2) is 15.5 Å². The zero-order valence-corrected chi connectivity index (χ0v) is 19.1. The van der Waals surface area contributed by atoms with Crippen LogP contribution in [0, 0.1) is 37.0 Å². The van der Waals surface area contributed by atoms with Gasteiger partial charge in [-0.05, 0) is 81.8 Å². The van der Waals surface area contributed by atoms with Gasteiger partial charge in [0.05, 0.1) is 11.1 Å². The lowest BCUT2D eigenvalue weighted by molar-refractivity contribution is -0.140. The number of hydrogen-bond acceptors (Lipinski definition) is 5. The molecule has 0 saturated heterocycles. The minimum Gasteiger partial charge on any atom is -0.487 e. The number of nitrogens with one attached hydrogen (secondary N) is 1. The van der Waals surface area contributed by atoms with Gasteiger partial charge in [0, 0.05) is 23.9 Å². The van der Waals surface area contributed by atoms with Gasteiger partial charge in [-0.2, -0.15) is 0 Å². The highest BCUT2D eigenvalue weighted by Crippen LogP contribution is 2.60. The number of rotatable bonds is 5. The van der Waals surface area contributed by atoms with Gasteiger partial charge in [0.25, 0.3) is 5.56 Å². The molecule has 0 aliphatic heterocycles. The molecule has 7 nitrogen and oxygen atoms in total. The van der Waals surface area contributed by atoms with Crippen LogP contribution < -0.4 is 15.6 Å². The first kappa shape index (κ1) is 20.5. The second-order valence-corrected chi connectivity index (χ2v) is 10.5. The highest BCUT2D eigenvalue weighted by Gasteiger charge is 2.54. The molecule has 2 aromatic heterocycles. The Bertz CT molecular complexity index is 1270. The minimum absolute atomic E-state index is 0.156. The molecule has 0 atom stereocenters. The zero-order chi connectivity index (χ0) is 22.7. The largest absolute Gasteiger partial charge is 0.487 e. The number of aromatic nitrogens is 2. The number of ether oxygens (including phenoxy) is 1. The van der Waals surface area contributed by atoms with Crippen molar-refractivity contribution in [2.45, 2.75) is 59.0 Å². The molecule has 4 fully saturated rings. The van der Waals surface area contributed by atoms with Crippen molar-refractivity contribution in [3.63, 3.8) is 0 Å². The zero-order valence-electron chi connectivity index (χ0n) is 19.1. The van der Waals surface area contributed by atoms with Crippen LogP contribution in [0.1, 0.15) is 55.5 Å². The van der Waals surface area contributed by atoms with Crippen molar-refractivity contribution in [1.29, 1.82) is 0 Å². The lowest BCUT2D eigenvalue weighted by Gasteiger charge is -2.55. The summed E-state index contributed by atoms with van der Waals surface area (Å²) in [5.74, 6) is 3.65. The number of carbonyl (C=O) groups excluding carboxylic acids is 1. The monoisotopic (exact) mass is 447 g/mol. The van der Waals surface area contributed by atoms with E-state index < -0.39 is 0 Å². The first-order valence-corrected chi connectivity index (χ1v) is 11.9. The van der Waals surface area contributed by atoms with Gasteiger partial charge in [0.1, 0.15) is 18.1 Å². The normalized spacial score (nSPS) is 27.8. The van der Waals surface area contributed by atoms with E-state index in [1.165, 1.54) is 29.9 Å². The summed E-state index contributed by atoms with van der Waals surface area (Å²) in [5, 5.41) is 3.20. The van der Waals surface area contributed by atoms with Crippen LogP contribution >= 0.6 is 0 Å². The van der Waals surface area contributed by atoms with Crippen LogP contribution in [0.2, 0.25) is 0 Å². The number of hydrogen-bond donors (Lipinski definition) is 1. The third-order valence-electron chi connectivity index (χ3n) is 7.87. The Morgan fingerprint density at radius 3 is 2.52 bits per heavy atom. The summed E-state index contributed by atoms with van der Waals surface area (Å²) < 4.78 is 12.5. The van der Waals surface area contributed by atoms with Crippen molar-refractivity contribution in [2.75, 3.05) is 5.32 Å². The Kier molecular flexibility index (Phi) is 4.64. The molecule has 1 N–H and O–H groups in total. The predicted molar refractivity (Wildman–Crippen MR) is 123 cm³/mol. The maximum absolute atomic E-state index is 13.4. The fraction of sp³-hybridized carbons (Fsp3) is 0.500. The summed E-state index contributed by atoms with van der Waals surface area (Å²) in [6, 6.07) is 8.91. The fourth-order valence-corrected chi connectivity index (χ4v) is 6.79. The number of amides is 1. The molecule has 4 aliphatic carbocycles. The molecule has 4 saturated carbocycles. The van der Waals surface area contributed by atoms with E-state index in [1.807, 2.05) is 25.1 Å².